The second-order valence-electron chi connectivity index (χ2n) is 5.34. The summed E-state index contributed by atoms with van der Waals surface area (Å²) in [6.45, 7) is 3.05. The highest BCUT2D eigenvalue weighted by atomic mass is 16.5. The molecule has 0 bridgehead atoms. The van der Waals surface area contributed by atoms with E-state index in [0.29, 0.717) is 12.5 Å². The number of benzene rings is 2. The number of hydrogen-bond donors (Lipinski definition) is 1. The van der Waals surface area contributed by atoms with E-state index in [0.717, 1.165) is 43.8 Å². The Kier molecular flexibility index (Phi) is 4.19. The standard InChI is InChI=1S/C17H21NO2/c18-11-14-5-6-17(16-4-2-1-3-15(14)16)20-12-13-7-9-19-10-8-13/h1-6,13H,7-12,18H2. The summed E-state index contributed by atoms with van der Waals surface area (Å²) in [6.07, 6.45) is 2.19. The van der Waals surface area contributed by atoms with Crippen LogP contribution in [0, 0.1) is 5.92 Å². The van der Waals surface area contributed by atoms with Crippen LogP contribution in [-0.2, 0) is 11.3 Å². The van der Waals surface area contributed by atoms with Gasteiger partial charge in [-0.05, 0) is 35.8 Å². The molecule has 0 aliphatic carbocycles. The molecule has 20 heavy (non-hydrogen) atoms. The van der Waals surface area contributed by atoms with Crippen molar-refractivity contribution in [1.29, 1.82) is 0 Å². The lowest BCUT2D eigenvalue weighted by Gasteiger charge is -2.22. The van der Waals surface area contributed by atoms with Crippen LogP contribution in [0.2, 0.25) is 0 Å². The minimum atomic E-state index is 0.556. The molecule has 106 valence electrons. The fourth-order valence-electron chi connectivity index (χ4n) is 2.76. The average molecular weight is 271 g/mol. The summed E-state index contributed by atoms with van der Waals surface area (Å²) in [5.41, 5.74) is 6.97. The van der Waals surface area contributed by atoms with E-state index in [9.17, 15) is 0 Å². The Balaban J connectivity index is 1.80. The molecule has 1 saturated heterocycles. The monoisotopic (exact) mass is 271 g/mol. The van der Waals surface area contributed by atoms with Crippen LogP contribution >= 0.6 is 0 Å². The van der Waals surface area contributed by atoms with Crippen LogP contribution in [0.15, 0.2) is 36.4 Å². The Morgan fingerprint density at radius 2 is 1.80 bits per heavy atom. The molecular formula is C17H21NO2. The molecule has 0 spiro atoms. The molecule has 2 N–H and O–H groups in total. The highest BCUT2D eigenvalue weighted by Crippen LogP contribution is 2.29. The number of fused-ring (bicyclic) bond motifs is 1. The van der Waals surface area contributed by atoms with Crippen LogP contribution in [0.25, 0.3) is 10.8 Å². The lowest BCUT2D eigenvalue weighted by Crippen LogP contribution is -2.21. The van der Waals surface area contributed by atoms with Crippen LogP contribution in [-0.4, -0.2) is 19.8 Å². The van der Waals surface area contributed by atoms with Gasteiger partial charge in [-0.25, -0.2) is 0 Å². The SMILES string of the molecule is NCc1ccc(OCC2CCOCC2)c2ccccc12. The molecule has 0 aromatic heterocycles. The average Bonchev–Trinajstić information content (AvgIpc) is 2.53. The molecule has 3 nitrogen and oxygen atoms in total. The van der Waals surface area contributed by atoms with Gasteiger partial charge in [0.05, 0.1) is 6.61 Å². The summed E-state index contributed by atoms with van der Waals surface area (Å²) in [4.78, 5) is 0. The topological polar surface area (TPSA) is 44.5 Å². The molecular weight excluding hydrogens is 250 g/mol. The first-order chi connectivity index (χ1) is 9.88. The Hall–Kier alpha value is -1.58. The molecule has 2 aromatic rings. The Morgan fingerprint density at radius 3 is 2.55 bits per heavy atom. The summed E-state index contributed by atoms with van der Waals surface area (Å²) in [7, 11) is 0. The van der Waals surface area contributed by atoms with E-state index in [4.69, 9.17) is 15.2 Å². The van der Waals surface area contributed by atoms with Crippen molar-refractivity contribution in [2.75, 3.05) is 19.8 Å². The lowest BCUT2D eigenvalue weighted by molar-refractivity contribution is 0.0500. The predicted molar refractivity (Wildman–Crippen MR) is 80.9 cm³/mol. The second-order valence-corrected chi connectivity index (χ2v) is 5.34. The van der Waals surface area contributed by atoms with Gasteiger partial charge in [0.15, 0.2) is 0 Å². The maximum atomic E-state index is 6.06. The van der Waals surface area contributed by atoms with Gasteiger partial charge in [-0.3, -0.25) is 0 Å². The van der Waals surface area contributed by atoms with Crippen molar-refractivity contribution in [2.45, 2.75) is 19.4 Å². The fourth-order valence-corrected chi connectivity index (χ4v) is 2.76. The smallest absolute Gasteiger partial charge is 0.127 e. The molecule has 2 aromatic carbocycles. The van der Waals surface area contributed by atoms with E-state index < -0.39 is 0 Å². The normalized spacial score (nSPS) is 16.4. The van der Waals surface area contributed by atoms with E-state index in [-0.39, 0.29) is 0 Å². The van der Waals surface area contributed by atoms with Crippen molar-refractivity contribution in [2.24, 2.45) is 11.7 Å². The van der Waals surface area contributed by atoms with E-state index >= 15 is 0 Å². The van der Waals surface area contributed by atoms with E-state index in [1.807, 2.05) is 18.2 Å². The second kappa shape index (κ2) is 6.25. The summed E-state index contributed by atoms with van der Waals surface area (Å²) in [5.74, 6) is 1.57. The first-order valence-corrected chi connectivity index (χ1v) is 7.29. The van der Waals surface area contributed by atoms with Gasteiger partial charge in [0.25, 0.3) is 0 Å². The van der Waals surface area contributed by atoms with Crippen molar-refractivity contribution in [3.8, 4) is 5.75 Å². The first kappa shape index (κ1) is 13.4. The van der Waals surface area contributed by atoms with Crippen LogP contribution in [0.5, 0.6) is 5.75 Å². The third-order valence-corrected chi connectivity index (χ3v) is 4.01. The quantitative estimate of drug-likeness (QED) is 0.929. The minimum absolute atomic E-state index is 0.556. The zero-order valence-electron chi connectivity index (χ0n) is 11.7. The molecule has 0 atom stereocenters. The molecule has 3 heteroatoms. The Labute approximate surface area is 119 Å². The van der Waals surface area contributed by atoms with Gasteiger partial charge in [-0.1, -0.05) is 30.3 Å². The van der Waals surface area contributed by atoms with Crippen LogP contribution in [0.4, 0.5) is 0 Å². The third-order valence-electron chi connectivity index (χ3n) is 4.01. The van der Waals surface area contributed by atoms with Crippen molar-refractivity contribution in [3.05, 3.63) is 42.0 Å². The van der Waals surface area contributed by atoms with Gasteiger partial charge in [-0.2, -0.15) is 0 Å². The van der Waals surface area contributed by atoms with E-state index in [2.05, 4.69) is 18.2 Å². The number of nitrogens with two attached hydrogens (primary N) is 1. The zero-order valence-corrected chi connectivity index (χ0v) is 11.7. The van der Waals surface area contributed by atoms with Crippen molar-refractivity contribution in [1.82, 2.24) is 0 Å². The maximum absolute atomic E-state index is 6.06. The molecule has 0 amide bonds. The first-order valence-electron chi connectivity index (χ1n) is 7.29. The lowest BCUT2D eigenvalue weighted by atomic mass is 10.0. The van der Waals surface area contributed by atoms with E-state index in [1.165, 1.54) is 10.9 Å². The van der Waals surface area contributed by atoms with Gasteiger partial charge in [0.2, 0.25) is 0 Å². The molecule has 1 aliphatic heterocycles. The van der Waals surface area contributed by atoms with Crippen molar-refractivity contribution >= 4 is 10.8 Å². The van der Waals surface area contributed by atoms with Gasteiger partial charge in [0, 0.05) is 25.1 Å². The third kappa shape index (κ3) is 2.79. The molecule has 1 heterocycles. The molecule has 0 radical (unpaired) electrons. The zero-order chi connectivity index (χ0) is 13.8. The van der Waals surface area contributed by atoms with Crippen LogP contribution < -0.4 is 10.5 Å². The largest absolute Gasteiger partial charge is 0.493 e. The summed E-state index contributed by atoms with van der Waals surface area (Å²) in [6, 6.07) is 12.4. The summed E-state index contributed by atoms with van der Waals surface area (Å²) < 4.78 is 11.4. The Morgan fingerprint density at radius 1 is 1.05 bits per heavy atom. The van der Waals surface area contributed by atoms with Gasteiger partial charge in [-0.15, -0.1) is 0 Å². The maximum Gasteiger partial charge on any atom is 0.127 e. The van der Waals surface area contributed by atoms with E-state index in [1.54, 1.807) is 0 Å². The minimum Gasteiger partial charge on any atom is -0.493 e. The summed E-state index contributed by atoms with van der Waals surface area (Å²) in [5, 5.41) is 2.35. The number of ether oxygens (including phenoxy) is 2. The number of hydrogen-bond acceptors (Lipinski definition) is 3. The Bertz CT molecular complexity index is 576. The molecule has 0 saturated carbocycles. The number of rotatable bonds is 4. The van der Waals surface area contributed by atoms with Crippen LogP contribution in [0.3, 0.4) is 0 Å². The molecule has 1 fully saturated rings. The highest BCUT2D eigenvalue weighted by Gasteiger charge is 2.15. The van der Waals surface area contributed by atoms with Gasteiger partial charge >= 0.3 is 0 Å². The van der Waals surface area contributed by atoms with Crippen molar-refractivity contribution < 1.29 is 9.47 Å². The fraction of sp³-hybridized carbons (Fsp3) is 0.412. The summed E-state index contributed by atoms with van der Waals surface area (Å²) >= 11 is 0. The van der Waals surface area contributed by atoms with Gasteiger partial charge < -0.3 is 15.2 Å². The molecule has 0 unspecified atom stereocenters. The van der Waals surface area contributed by atoms with Crippen LogP contribution in [0.1, 0.15) is 18.4 Å². The van der Waals surface area contributed by atoms with Crippen molar-refractivity contribution in [3.63, 3.8) is 0 Å². The predicted octanol–water partition coefficient (Wildman–Crippen LogP) is 3.10. The molecule has 1 aliphatic rings. The molecule has 3 rings (SSSR count). The highest BCUT2D eigenvalue weighted by molar-refractivity contribution is 5.91. The van der Waals surface area contributed by atoms with Gasteiger partial charge in [0.1, 0.15) is 5.75 Å².